The van der Waals surface area contributed by atoms with Gasteiger partial charge in [0.15, 0.2) is 5.69 Å². The standard InChI is InChI=1S/C19H20N2O4S/c1-3-13-9-11-14(12-10-13)26(23,24)21-18-17(20-4-2)15-7-5-6-8-16(15)25-19(18)22/h5-12,20-21H,3-4H2,1-2H3. The Morgan fingerprint density at radius 3 is 2.31 bits per heavy atom. The summed E-state index contributed by atoms with van der Waals surface area (Å²) in [5.41, 5.74) is 0.970. The van der Waals surface area contributed by atoms with E-state index in [1.807, 2.05) is 13.8 Å². The fourth-order valence-electron chi connectivity index (χ4n) is 2.70. The Morgan fingerprint density at radius 2 is 1.65 bits per heavy atom. The van der Waals surface area contributed by atoms with Crippen LogP contribution in [-0.4, -0.2) is 15.0 Å². The van der Waals surface area contributed by atoms with Crippen molar-refractivity contribution in [3.05, 3.63) is 64.5 Å². The van der Waals surface area contributed by atoms with E-state index in [0.717, 1.165) is 12.0 Å². The molecule has 0 unspecified atom stereocenters. The van der Waals surface area contributed by atoms with Gasteiger partial charge in [-0.25, -0.2) is 13.2 Å². The Hall–Kier alpha value is -2.80. The minimum atomic E-state index is -3.92. The van der Waals surface area contributed by atoms with Crippen LogP contribution in [0.15, 0.2) is 62.6 Å². The zero-order chi connectivity index (χ0) is 18.7. The lowest BCUT2D eigenvalue weighted by Crippen LogP contribution is -2.20. The van der Waals surface area contributed by atoms with Crippen LogP contribution in [0.4, 0.5) is 11.4 Å². The van der Waals surface area contributed by atoms with Crippen molar-refractivity contribution in [3.63, 3.8) is 0 Å². The summed E-state index contributed by atoms with van der Waals surface area (Å²) in [6.45, 7) is 4.38. The van der Waals surface area contributed by atoms with Crippen LogP contribution in [-0.2, 0) is 16.4 Å². The summed E-state index contributed by atoms with van der Waals surface area (Å²) in [4.78, 5) is 12.5. The fraction of sp³-hybridized carbons (Fsp3) is 0.211. The van der Waals surface area contributed by atoms with E-state index in [-0.39, 0.29) is 10.6 Å². The van der Waals surface area contributed by atoms with Crippen LogP contribution < -0.4 is 15.7 Å². The van der Waals surface area contributed by atoms with Crippen LogP contribution in [0.3, 0.4) is 0 Å². The second-order valence-corrected chi connectivity index (χ2v) is 7.45. The van der Waals surface area contributed by atoms with Crippen molar-refractivity contribution < 1.29 is 12.8 Å². The van der Waals surface area contributed by atoms with Gasteiger partial charge in [0.2, 0.25) is 0 Å². The highest BCUT2D eigenvalue weighted by Gasteiger charge is 2.21. The first-order chi connectivity index (χ1) is 12.5. The molecule has 0 radical (unpaired) electrons. The van der Waals surface area contributed by atoms with Gasteiger partial charge in [-0.2, -0.15) is 0 Å². The van der Waals surface area contributed by atoms with Crippen molar-refractivity contribution >= 4 is 32.4 Å². The van der Waals surface area contributed by atoms with Crippen LogP contribution >= 0.6 is 0 Å². The number of rotatable bonds is 6. The molecule has 26 heavy (non-hydrogen) atoms. The number of para-hydroxylation sites is 1. The first kappa shape index (κ1) is 18.0. The van der Waals surface area contributed by atoms with Crippen LogP contribution in [0.25, 0.3) is 11.0 Å². The minimum absolute atomic E-state index is 0.0877. The van der Waals surface area contributed by atoms with Crippen molar-refractivity contribution in [1.82, 2.24) is 0 Å². The molecule has 0 saturated heterocycles. The normalized spacial score (nSPS) is 11.5. The molecule has 0 aliphatic heterocycles. The van der Waals surface area contributed by atoms with Gasteiger partial charge in [-0.1, -0.05) is 31.2 Å². The largest absolute Gasteiger partial charge is 0.421 e. The lowest BCUT2D eigenvalue weighted by Gasteiger charge is -2.14. The van der Waals surface area contributed by atoms with Crippen molar-refractivity contribution in [2.24, 2.45) is 0 Å². The number of anilines is 2. The van der Waals surface area contributed by atoms with Gasteiger partial charge in [0.1, 0.15) is 5.58 Å². The highest BCUT2D eigenvalue weighted by Crippen LogP contribution is 2.30. The summed E-state index contributed by atoms with van der Waals surface area (Å²) < 4.78 is 33.1. The molecule has 0 saturated carbocycles. The molecular formula is C19H20N2O4S. The van der Waals surface area contributed by atoms with Gasteiger partial charge < -0.3 is 9.73 Å². The SMILES string of the molecule is CCNc1c(NS(=O)(=O)c2ccc(CC)cc2)c(=O)oc2ccccc12. The summed E-state index contributed by atoms with van der Waals surface area (Å²) >= 11 is 0. The highest BCUT2D eigenvalue weighted by molar-refractivity contribution is 7.92. The molecule has 0 aliphatic carbocycles. The Labute approximate surface area is 151 Å². The third-order valence-electron chi connectivity index (χ3n) is 4.05. The molecule has 1 heterocycles. The summed E-state index contributed by atoms with van der Waals surface area (Å²) in [6.07, 6.45) is 0.812. The van der Waals surface area contributed by atoms with E-state index in [9.17, 15) is 13.2 Å². The van der Waals surface area contributed by atoms with Crippen LogP contribution in [0.2, 0.25) is 0 Å². The molecule has 2 aromatic carbocycles. The number of benzene rings is 2. The molecule has 0 bridgehead atoms. The summed E-state index contributed by atoms with van der Waals surface area (Å²) in [6, 6.07) is 13.5. The van der Waals surface area contributed by atoms with Gasteiger partial charge in [-0.15, -0.1) is 0 Å². The first-order valence-corrected chi connectivity index (χ1v) is 9.86. The lowest BCUT2D eigenvalue weighted by molar-refractivity contribution is 0.563. The number of nitrogens with one attached hydrogen (secondary N) is 2. The molecule has 6 nitrogen and oxygen atoms in total. The van der Waals surface area contributed by atoms with Gasteiger partial charge in [0, 0.05) is 11.9 Å². The van der Waals surface area contributed by atoms with E-state index in [1.165, 1.54) is 12.1 Å². The van der Waals surface area contributed by atoms with Crippen LogP contribution in [0.5, 0.6) is 0 Å². The zero-order valence-corrected chi connectivity index (χ0v) is 15.4. The Balaban J connectivity index is 2.10. The maximum absolute atomic E-state index is 12.7. The summed E-state index contributed by atoms with van der Waals surface area (Å²) in [7, 11) is -3.92. The molecule has 0 spiro atoms. The van der Waals surface area contributed by atoms with E-state index in [1.54, 1.807) is 36.4 Å². The number of sulfonamides is 1. The quantitative estimate of drug-likeness (QED) is 0.646. The first-order valence-electron chi connectivity index (χ1n) is 8.37. The monoisotopic (exact) mass is 372 g/mol. The second kappa shape index (κ2) is 7.21. The van der Waals surface area contributed by atoms with E-state index in [0.29, 0.717) is 23.2 Å². The molecule has 136 valence electrons. The molecular weight excluding hydrogens is 352 g/mol. The maximum atomic E-state index is 12.7. The predicted molar refractivity (Wildman–Crippen MR) is 103 cm³/mol. The van der Waals surface area contributed by atoms with Gasteiger partial charge in [0.05, 0.1) is 10.6 Å². The van der Waals surface area contributed by atoms with Gasteiger partial charge in [-0.05, 0) is 43.2 Å². The molecule has 3 aromatic rings. The molecule has 3 rings (SSSR count). The van der Waals surface area contributed by atoms with Crippen molar-refractivity contribution in [2.75, 3.05) is 16.6 Å². The van der Waals surface area contributed by atoms with E-state index in [2.05, 4.69) is 10.0 Å². The number of aryl methyl sites for hydroxylation is 1. The predicted octanol–water partition coefficient (Wildman–Crippen LogP) is 3.59. The highest BCUT2D eigenvalue weighted by atomic mass is 32.2. The van der Waals surface area contributed by atoms with Crippen molar-refractivity contribution in [3.8, 4) is 0 Å². The Morgan fingerprint density at radius 1 is 0.962 bits per heavy atom. The summed E-state index contributed by atoms with van der Waals surface area (Å²) in [5.74, 6) is 0. The molecule has 0 aliphatic rings. The third-order valence-corrected chi connectivity index (χ3v) is 5.41. The molecule has 0 atom stereocenters. The van der Waals surface area contributed by atoms with Crippen molar-refractivity contribution in [2.45, 2.75) is 25.2 Å². The average Bonchev–Trinajstić information content (AvgIpc) is 2.64. The number of hydrogen-bond acceptors (Lipinski definition) is 5. The van der Waals surface area contributed by atoms with Gasteiger partial charge >= 0.3 is 5.63 Å². The molecule has 7 heteroatoms. The van der Waals surface area contributed by atoms with E-state index < -0.39 is 15.6 Å². The Bertz CT molecular complexity index is 1090. The molecule has 1 aromatic heterocycles. The second-order valence-electron chi connectivity index (χ2n) is 5.77. The smallest absolute Gasteiger partial charge is 0.363 e. The fourth-order valence-corrected chi connectivity index (χ4v) is 3.77. The minimum Gasteiger partial charge on any atom is -0.421 e. The average molecular weight is 372 g/mol. The molecule has 0 fully saturated rings. The maximum Gasteiger partial charge on any atom is 0.363 e. The van der Waals surface area contributed by atoms with Crippen LogP contribution in [0, 0.1) is 0 Å². The molecule has 2 N–H and O–H groups in total. The number of fused-ring (bicyclic) bond motifs is 1. The van der Waals surface area contributed by atoms with Crippen LogP contribution in [0.1, 0.15) is 19.4 Å². The van der Waals surface area contributed by atoms with Gasteiger partial charge in [0.25, 0.3) is 10.0 Å². The number of hydrogen-bond donors (Lipinski definition) is 2. The van der Waals surface area contributed by atoms with Gasteiger partial charge in [-0.3, -0.25) is 4.72 Å². The van der Waals surface area contributed by atoms with E-state index >= 15 is 0 Å². The van der Waals surface area contributed by atoms with E-state index in [4.69, 9.17) is 4.42 Å². The lowest BCUT2D eigenvalue weighted by atomic mass is 10.2. The topological polar surface area (TPSA) is 88.4 Å². The summed E-state index contributed by atoms with van der Waals surface area (Å²) in [5, 5.41) is 3.70. The van der Waals surface area contributed by atoms with Crippen molar-refractivity contribution in [1.29, 1.82) is 0 Å². The zero-order valence-electron chi connectivity index (χ0n) is 14.6. The molecule has 0 amide bonds. The Kier molecular flexibility index (Phi) is 4.99. The third kappa shape index (κ3) is 3.43.